The third-order valence-corrected chi connectivity index (χ3v) is 7.65. The lowest BCUT2D eigenvalue weighted by Gasteiger charge is -2.42. The molecule has 0 radical (unpaired) electrons. The standard InChI is InChI=1S/C31H36N4OS/c1-30(2,3)21-34-19-17-31(18-20-34)22-35(26-15-9-7-13-24(26)31)27-16-10-8-14-25(27)32-29(37)33-28(36)23-11-5-4-6-12-23/h4-16H,17-22H2,1-3H3,(H2,32,33,36,37). The minimum absolute atomic E-state index is 0.139. The first kappa shape index (κ1) is 25.4. The molecule has 6 heteroatoms. The third kappa shape index (κ3) is 5.55. The van der Waals surface area contributed by atoms with E-state index in [-0.39, 0.29) is 11.3 Å². The Morgan fingerprint density at radius 3 is 2.22 bits per heavy atom. The molecule has 0 atom stereocenters. The van der Waals surface area contributed by atoms with E-state index in [1.807, 2.05) is 30.3 Å². The van der Waals surface area contributed by atoms with Gasteiger partial charge in [0.15, 0.2) is 5.11 Å². The largest absolute Gasteiger partial charge is 0.339 e. The molecule has 2 N–H and O–H groups in total. The SMILES string of the molecule is CC(C)(C)CN1CCC2(CC1)CN(c1ccccc1NC(=S)NC(=O)c1ccccc1)c1ccccc12. The zero-order chi connectivity index (χ0) is 26.0. The van der Waals surface area contributed by atoms with Gasteiger partial charge in [-0.25, -0.2) is 0 Å². The van der Waals surface area contributed by atoms with Crippen molar-refractivity contribution in [1.82, 2.24) is 10.2 Å². The average molecular weight is 513 g/mol. The second-order valence-corrected chi connectivity index (χ2v) is 11.9. The molecule has 2 aliphatic rings. The fourth-order valence-corrected chi connectivity index (χ4v) is 6.02. The molecule has 0 aromatic heterocycles. The third-order valence-electron chi connectivity index (χ3n) is 7.44. The highest BCUT2D eigenvalue weighted by atomic mass is 32.1. The number of fused-ring (bicyclic) bond motifs is 2. The monoisotopic (exact) mass is 512 g/mol. The van der Waals surface area contributed by atoms with Gasteiger partial charge < -0.3 is 15.1 Å². The Balaban J connectivity index is 1.36. The Bertz CT molecular complexity index is 1280. The first-order chi connectivity index (χ1) is 17.7. The van der Waals surface area contributed by atoms with Crippen LogP contribution in [0.1, 0.15) is 49.5 Å². The van der Waals surface area contributed by atoms with Crippen molar-refractivity contribution >= 4 is 40.3 Å². The number of anilines is 3. The van der Waals surface area contributed by atoms with Crippen LogP contribution < -0.4 is 15.5 Å². The van der Waals surface area contributed by atoms with Crippen molar-refractivity contribution < 1.29 is 4.79 Å². The van der Waals surface area contributed by atoms with Gasteiger partial charge in [-0.2, -0.15) is 0 Å². The molecule has 0 unspecified atom stereocenters. The van der Waals surface area contributed by atoms with Gasteiger partial charge in [0.05, 0.1) is 11.4 Å². The molecule has 2 aliphatic heterocycles. The Morgan fingerprint density at radius 1 is 0.892 bits per heavy atom. The van der Waals surface area contributed by atoms with E-state index in [0.717, 1.165) is 50.4 Å². The van der Waals surface area contributed by atoms with Gasteiger partial charge in [-0.05, 0) is 79.5 Å². The van der Waals surface area contributed by atoms with Crippen LogP contribution in [0.4, 0.5) is 17.1 Å². The predicted molar refractivity (Wildman–Crippen MR) is 157 cm³/mol. The molecule has 5 nitrogen and oxygen atoms in total. The molecule has 1 saturated heterocycles. The smallest absolute Gasteiger partial charge is 0.257 e. The first-order valence-electron chi connectivity index (χ1n) is 13.1. The number of piperidine rings is 1. The zero-order valence-corrected chi connectivity index (χ0v) is 22.8. The van der Waals surface area contributed by atoms with Gasteiger partial charge in [0.1, 0.15) is 0 Å². The highest BCUT2D eigenvalue weighted by Crippen LogP contribution is 2.50. The molecule has 5 rings (SSSR count). The summed E-state index contributed by atoms with van der Waals surface area (Å²) in [6, 6.07) is 26.2. The van der Waals surface area contributed by atoms with E-state index < -0.39 is 0 Å². The van der Waals surface area contributed by atoms with E-state index in [0.29, 0.717) is 16.1 Å². The van der Waals surface area contributed by atoms with Crippen LogP contribution in [-0.4, -0.2) is 42.1 Å². The van der Waals surface area contributed by atoms with E-state index in [1.165, 1.54) is 11.3 Å². The van der Waals surface area contributed by atoms with E-state index in [9.17, 15) is 4.79 Å². The highest BCUT2D eigenvalue weighted by Gasteiger charge is 2.45. The zero-order valence-electron chi connectivity index (χ0n) is 22.0. The second-order valence-electron chi connectivity index (χ2n) is 11.5. The first-order valence-corrected chi connectivity index (χ1v) is 13.5. The van der Waals surface area contributed by atoms with Crippen LogP contribution in [0.2, 0.25) is 0 Å². The Morgan fingerprint density at radius 2 is 1.51 bits per heavy atom. The van der Waals surface area contributed by atoms with Crippen molar-refractivity contribution in [3.63, 3.8) is 0 Å². The Hall–Kier alpha value is -3.22. The molecule has 2 heterocycles. The van der Waals surface area contributed by atoms with Crippen LogP contribution in [0.5, 0.6) is 0 Å². The van der Waals surface area contributed by atoms with Crippen molar-refractivity contribution in [2.45, 2.75) is 39.0 Å². The molecule has 0 aliphatic carbocycles. The number of benzene rings is 3. The summed E-state index contributed by atoms with van der Waals surface area (Å²) in [6.07, 6.45) is 2.30. The quantitative estimate of drug-likeness (QED) is 0.399. The topological polar surface area (TPSA) is 47.6 Å². The van der Waals surface area contributed by atoms with Crippen LogP contribution >= 0.6 is 12.2 Å². The molecule has 1 spiro atoms. The summed E-state index contributed by atoms with van der Waals surface area (Å²) in [5.74, 6) is -0.219. The van der Waals surface area contributed by atoms with Gasteiger partial charge in [-0.1, -0.05) is 69.3 Å². The summed E-state index contributed by atoms with van der Waals surface area (Å²) in [4.78, 5) is 17.7. The van der Waals surface area contributed by atoms with E-state index in [2.05, 4.69) is 77.6 Å². The number of rotatable bonds is 4. The molecule has 1 amide bonds. The molecule has 192 valence electrons. The number of hydrogen-bond acceptors (Lipinski definition) is 4. The van der Waals surface area contributed by atoms with Gasteiger partial charge in [0, 0.05) is 29.8 Å². The number of nitrogens with zero attached hydrogens (tertiary/aromatic N) is 2. The maximum absolute atomic E-state index is 12.6. The molecule has 0 saturated carbocycles. The normalized spacial score (nSPS) is 16.9. The van der Waals surface area contributed by atoms with Crippen LogP contribution in [0.3, 0.4) is 0 Å². The van der Waals surface area contributed by atoms with Crippen molar-refractivity contribution in [3.05, 3.63) is 90.0 Å². The number of para-hydroxylation sites is 3. The summed E-state index contributed by atoms with van der Waals surface area (Å²) in [5.41, 5.74) is 5.69. The summed E-state index contributed by atoms with van der Waals surface area (Å²) >= 11 is 5.53. The summed E-state index contributed by atoms with van der Waals surface area (Å²) in [7, 11) is 0. The summed E-state index contributed by atoms with van der Waals surface area (Å²) in [5, 5.41) is 6.40. The van der Waals surface area contributed by atoms with Crippen LogP contribution in [-0.2, 0) is 5.41 Å². The molecule has 37 heavy (non-hydrogen) atoms. The lowest BCUT2D eigenvalue weighted by atomic mass is 9.74. The highest BCUT2D eigenvalue weighted by molar-refractivity contribution is 7.80. The van der Waals surface area contributed by atoms with E-state index in [1.54, 1.807) is 12.1 Å². The van der Waals surface area contributed by atoms with Crippen LogP contribution in [0.15, 0.2) is 78.9 Å². The second kappa shape index (κ2) is 10.3. The van der Waals surface area contributed by atoms with Crippen molar-refractivity contribution in [3.8, 4) is 0 Å². The number of nitrogens with one attached hydrogen (secondary N) is 2. The predicted octanol–water partition coefficient (Wildman–Crippen LogP) is 6.34. The summed E-state index contributed by atoms with van der Waals surface area (Å²) in [6.45, 7) is 11.3. The lowest BCUT2D eigenvalue weighted by Crippen LogP contribution is -2.46. The number of amides is 1. The van der Waals surface area contributed by atoms with Crippen LogP contribution in [0, 0.1) is 5.41 Å². The number of hydrogen-bond donors (Lipinski definition) is 2. The fraction of sp³-hybridized carbons (Fsp3) is 0.355. The number of likely N-dealkylation sites (tertiary alicyclic amines) is 1. The molecular weight excluding hydrogens is 476 g/mol. The van der Waals surface area contributed by atoms with Crippen molar-refractivity contribution in [2.24, 2.45) is 5.41 Å². The summed E-state index contributed by atoms with van der Waals surface area (Å²) < 4.78 is 0. The van der Waals surface area contributed by atoms with Crippen molar-refractivity contribution in [2.75, 3.05) is 36.4 Å². The minimum Gasteiger partial charge on any atom is -0.339 e. The van der Waals surface area contributed by atoms with Gasteiger partial charge >= 0.3 is 0 Å². The van der Waals surface area contributed by atoms with Gasteiger partial charge in [-0.3, -0.25) is 10.1 Å². The fourth-order valence-electron chi connectivity index (χ4n) is 5.82. The minimum atomic E-state index is -0.219. The van der Waals surface area contributed by atoms with Crippen molar-refractivity contribution in [1.29, 1.82) is 0 Å². The van der Waals surface area contributed by atoms with Gasteiger partial charge in [0.2, 0.25) is 0 Å². The molecule has 3 aromatic rings. The maximum atomic E-state index is 12.6. The number of carbonyl (C=O) groups is 1. The molecule has 0 bridgehead atoms. The van der Waals surface area contributed by atoms with Gasteiger partial charge in [-0.15, -0.1) is 0 Å². The maximum Gasteiger partial charge on any atom is 0.257 e. The average Bonchev–Trinajstić information content (AvgIpc) is 3.19. The van der Waals surface area contributed by atoms with E-state index >= 15 is 0 Å². The van der Waals surface area contributed by atoms with E-state index in [4.69, 9.17) is 12.2 Å². The Kier molecular flexibility index (Phi) is 7.06. The molecule has 1 fully saturated rings. The van der Waals surface area contributed by atoms with Gasteiger partial charge in [0.25, 0.3) is 5.91 Å². The number of thiocarbonyl (C=S) groups is 1. The molecule has 3 aromatic carbocycles. The Labute approximate surface area is 225 Å². The molecular formula is C31H36N4OS. The number of carbonyl (C=O) groups excluding carboxylic acids is 1. The lowest BCUT2D eigenvalue weighted by molar-refractivity contribution is 0.0977. The van der Waals surface area contributed by atoms with Crippen LogP contribution in [0.25, 0.3) is 0 Å².